The van der Waals surface area contributed by atoms with Crippen LogP contribution >= 0.6 is 0 Å². The number of likely N-dealkylation sites (tertiary alicyclic amines) is 1. The minimum absolute atomic E-state index is 0.130. The Morgan fingerprint density at radius 3 is 2.72 bits per heavy atom. The first-order valence-electron chi connectivity index (χ1n) is 6.30. The Hall–Kier alpha value is -1.59. The molecule has 6 nitrogen and oxygen atoms in total. The van der Waals surface area contributed by atoms with Crippen molar-refractivity contribution < 1.29 is 19.5 Å². The van der Waals surface area contributed by atoms with Gasteiger partial charge in [0.25, 0.3) is 0 Å². The zero-order valence-electron chi connectivity index (χ0n) is 10.4. The summed E-state index contributed by atoms with van der Waals surface area (Å²) >= 11 is 0. The summed E-state index contributed by atoms with van der Waals surface area (Å²) in [5, 5.41) is 11.5. The van der Waals surface area contributed by atoms with Crippen LogP contribution in [-0.4, -0.2) is 46.9 Å². The lowest BCUT2D eigenvalue weighted by molar-refractivity contribution is -0.140. The molecule has 0 spiro atoms. The summed E-state index contributed by atoms with van der Waals surface area (Å²) in [6.07, 6.45) is 1.89. The van der Waals surface area contributed by atoms with E-state index in [9.17, 15) is 14.4 Å². The zero-order chi connectivity index (χ0) is 13.3. The summed E-state index contributed by atoms with van der Waals surface area (Å²) in [6.45, 7) is 3.09. The van der Waals surface area contributed by atoms with Crippen molar-refractivity contribution >= 4 is 17.8 Å². The Morgan fingerprint density at radius 2 is 2.22 bits per heavy atom. The molecule has 1 aliphatic heterocycles. The minimum Gasteiger partial charge on any atom is -0.481 e. The molecule has 1 saturated carbocycles. The monoisotopic (exact) mass is 254 g/mol. The molecule has 0 aromatic heterocycles. The van der Waals surface area contributed by atoms with Crippen LogP contribution < -0.4 is 5.32 Å². The molecule has 0 aromatic carbocycles. The lowest BCUT2D eigenvalue weighted by atomic mass is 10.2. The maximum Gasteiger partial charge on any atom is 0.307 e. The van der Waals surface area contributed by atoms with Gasteiger partial charge in [0, 0.05) is 25.6 Å². The van der Waals surface area contributed by atoms with Crippen LogP contribution in [0, 0.1) is 11.8 Å². The molecule has 18 heavy (non-hydrogen) atoms. The van der Waals surface area contributed by atoms with Crippen LogP contribution in [0.4, 0.5) is 0 Å². The maximum atomic E-state index is 11.7. The van der Waals surface area contributed by atoms with Gasteiger partial charge in [-0.1, -0.05) is 0 Å². The Kier molecular flexibility index (Phi) is 3.54. The van der Waals surface area contributed by atoms with Gasteiger partial charge in [0.05, 0.1) is 11.8 Å². The number of carbonyl (C=O) groups excluding carboxylic acids is 2. The summed E-state index contributed by atoms with van der Waals surface area (Å²) in [6, 6.07) is -0.130. The lowest BCUT2D eigenvalue weighted by Crippen LogP contribution is -2.43. The molecule has 2 aliphatic rings. The third kappa shape index (κ3) is 2.80. The van der Waals surface area contributed by atoms with Crippen LogP contribution in [0.25, 0.3) is 0 Å². The molecule has 2 rings (SSSR count). The molecule has 0 radical (unpaired) electrons. The van der Waals surface area contributed by atoms with Gasteiger partial charge in [-0.3, -0.25) is 14.4 Å². The van der Waals surface area contributed by atoms with Gasteiger partial charge < -0.3 is 15.3 Å². The third-order valence-corrected chi connectivity index (χ3v) is 3.50. The van der Waals surface area contributed by atoms with Gasteiger partial charge in [-0.05, 0) is 19.8 Å². The first kappa shape index (κ1) is 12.9. The summed E-state index contributed by atoms with van der Waals surface area (Å²) < 4.78 is 0. The number of hydrogen-bond donors (Lipinski definition) is 2. The molecule has 2 fully saturated rings. The summed E-state index contributed by atoms with van der Waals surface area (Å²) in [7, 11) is 0. The Balaban J connectivity index is 1.74. The minimum atomic E-state index is -0.905. The van der Waals surface area contributed by atoms with Crippen molar-refractivity contribution in [1.29, 1.82) is 0 Å². The quantitative estimate of drug-likeness (QED) is 0.713. The van der Waals surface area contributed by atoms with Crippen molar-refractivity contribution in [3.05, 3.63) is 0 Å². The molecular formula is C12H18N2O4. The number of nitrogens with one attached hydrogen (secondary N) is 1. The molecule has 6 heteroatoms. The van der Waals surface area contributed by atoms with E-state index >= 15 is 0 Å². The number of carbonyl (C=O) groups is 3. The highest BCUT2D eigenvalue weighted by atomic mass is 16.4. The van der Waals surface area contributed by atoms with Crippen LogP contribution in [0.2, 0.25) is 0 Å². The van der Waals surface area contributed by atoms with Crippen molar-refractivity contribution in [3.8, 4) is 0 Å². The second-order valence-corrected chi connectivity index (χ2v) is 5.14. The summed E-state index contributed by atoms with van der Waals surface area (Å²) in [5.41, 5.74) is 0. The highest BCUT2D eigenvalue weighted by Crippen LogP contribution is 2.38. The topological polar surface area (TPSA) is 86.7 Å². The van der Waals surface area contributed by atoms with E-state index in [4.69, 9.17) is 5.11 Å². The van der Waals surface area contributed by atoms with E-state index in [1.54, 1.807) is 4.90 Å². The van der Waals surface area contributed by atoms with Gasteiger partial charge >= 0.3 is 5.97 Å². The van der Waals surface area contributed by atoms with E-state index in [0.29, 0.717) is 19.4 Å². The molecule has 1 saturated heterocycles. The van der Waals surface area contributed by atoms with Gasteiger partial charge in [0.2, 0.25) is 11.8 Å². The molecule has 1 aliphatic carbocycles. The molecular weight excluding hydrogens is 236 g/mol. The molecule has 3 atom stereocenters. The molecule has 2 amide bonds. The standard InChI is InChI=1S/C12H18N2O4/c1-7(6-14-4-2-3-10(14)15)13-11(16)8-5-9(8)12(17)18/h7-9H,2-6H2,1H3,(H,13,16)(H,17,18). The van der Waals surface area contributed by atoms with E-state index in [0.717, 1.165) is 13.0 Å². The Labute approximate surface area is 105 Å². The van der Waals surface area contributed by atoms with Gasteiger partial charge in [-0.2, -0.15) is 0 Å². The van der Waals surface area contributed by atoms with E-state index in [1.807, 2.05) is 6.92 Å². The number of amides is 2. The summed E-state index contributed by atoms with van der Waals surface area (Å²) in [4.78, 5) is 35.5. The number of nitrogens with zero attached hydrogens (tertiary/aromatic N) is 1. The molecule has 2 N–H and O–H groups in total. The van der Waals surface area contributed by atoms with Gasteiger partial charge in [-0.25, -0.2) is 0 Å². The van der Waals surface area contributed by atoms with E-state index in [2.05, 4.69) is 5.32 Å². The van der Waals surface area contributed by atoms with E-state index < -0.39 is 11.9 Å². The van der Waals surface area contributed by atoms with Crippen molar-refractivity contribution in [3.63, 3.8) is 0 Å². The smallest absolute Gasteiger partial charge is 0.307 e. The fraction of sp³-hybridized carbons (Fsp3) is 0.750. The largest absolute Gasteiger partial charge is 0.481 e. The number of aliphatic carboxylic acids is 1. The van der Waals surface area contributed by atoms with Gasteiger partial charge in [0.1, 0.15) is 0 Å². The number of hydrogen-bond acceptors (Lipinski definition) is 3. The van der Waals surface area contributed by atoms with Crippen LogP contribution in [0.3, 0.4) is 0 Å². The molecule has 0 aromatic rings. The molecule has 0 bridgehead atoms. The fourth-order valence-electron chi connectivity index (χ4n) is 2.38. The van der Waals surface area contributed by atoms with Gasteiger partial charge in [0.15, 0.2) is 0 Å². The summed E-state index contributed by atoms with van der Waals surface area (Å²) in [5.74, 6) is -1.89. The predicted molar refractivity (Wildman–Crippen MR) is 62.7 cm³/mol. The number of carboxylic acids is 1. The highest BCUT2D eigenvalue weighted by Gasteiger charge is 2.48. The Morgan fingerprint density at radius 1 is 1.50 bits per heavy atom. The SMILES string of the molecule is CC(CN1CCCC1=O)NC(=O)C1CC1C(=O)O. The van der Waals surface area contributed by atoms with Crippen molar-refractivity contribution in [1.82, 2.24) is 10.2 Å². The van der Waals surface area contributed by atoms with Crippen molar-refractivity contribution in [2.45, 2.75) is 32.2 Å². The van der Waals surface area contributed by atoms with Crippen LogP contribution in [0.1, 0.15) is 26.2 Å². The normalized spacial score (nSPS) is 28.1. The second kappa shape index (κ2) is 4.96. The first-order valence-corrected chi connectivity index (χ1v) is 6.30. The van der Waals surface area contributed by atoms with E-state index in [-0.39, 0.29) is 23.8 Å². The second-order valence-electron chi connectivity index (χ2n) is 5.14. The first-order chi connectivity index (χ1) is 8.49. The highest BCUT2D eigenvalue weighted by molar-refractivity contribution is 5.89. The Bertz CT molecular complexity index is 382. The number of carboxylic acid groups (broad SMARTS) is 1. The molecule has 100 valence electrons. The van der Waals surface area contributed by atoms with E-state index in [1.165, 1.54) is 0 Å². The number of rotatable bonds is 5. The van der Waals surface area contributed by atoms with Gasteiger partial charge in [-0.15, -0.1) is 0 Å². The fourth-order valence-corrected chi connectivity index (χ4v) is 2.38. The zero-order valence-corrected chi connectivity index (χ0v) is 10.4. The maximum absolute atomic E-state index is 11.7. The van der Waals surface area contributed by atoms with Crippen LogP contribution in [0.5, 0.6) is 0 Å². The van der Waals surface area contributed by atoms with Crippen LogP contribution in [0.15, 0.2) is 0 Å². The predicted octanol–water partition coefficient (Wildman–Crippen LogP) is -0.166. The lowest BCUT2D eigenvalue weighted by Gasteiger charge is -2.21. The average Bonchev–Trinajstić information content (AvgIpc) is 3.00. The molecule has 3 unspecified atom stereocenters. The van der Waals surface area contributed by atoms with Crippen molar-refractivity contribution in [2.75, 3.05) is 13.1 Å². The molecule has 1 heterocycles. The third-order valence-electron chi connectivity index (χ3n) is 3.50. The van der Waals surface area contributed by atoms with Crippen molar-refractivity contribution in [2.24, 2.45) is 11.8 Å². The average molecular weight is 254 g/mol. The van der Waals surface area contributed by atoms with Crippen LogP contribution in [-0.2, 0) is 14.4 Å².